The van der Waals surface area contributed by atoms with Gasteiger partial charge in [0.1, 0.15) is 17.9 Å². The van der Waals surface area contributed by atoms with Gasteiger partial charge in [-0.05, 0) is 37.6 Å². The van der Waals surface area contributed by atoms with E-state index in [0.717, 1.165) is 21.9 Å². The van der Waals surface area contributed by atoms with Crippen LogP contribution in [0.3, 0.4) is 0 Å². The number of hydrogen-bond acceptors (Lipinski definition) is 4. The Balaban J connectivity index is 2.20. The molecule has 2 aromatic rings. The summed E-state index contributed by atoms with van der Waals surface area (Å²) in [6.45, 7) is 5.34. The lowest BCUT2D eigenvalue weighted by molar-refractivity contribution is -0.109. The fraction of sp³-hybridized carbons (Fsp3) is 0.333. The Labute approximate surface area is 121 Å². The van der Waals surface area contributed by atoms with Crippen LogP contribution in [0.25, 0.3) is 10.1 Å². The van der Waals surface area contributed by atoms with Gasteiger partial charge in [-0.25, -0.2) is 4.79 Å². The van der Waals surface area contributed by atoms with Crippen LogP contribution < -0.4 is 5.32 Å². The second-order valence-corrected chi connectivity index (χ2v) is 6.36. The first kappa shape index (κ1) is 14.5. The first-order valence-corrected chi connectivity index (χ1v) is 7.19. The minimum Gasteiger partial charge on any atom is -0.444 e. The molecule has 4 nitrogen and oxygen atoms in total. The molecule has 1 heterocycles. The zero-order chi connectivity index (χ0) is 14.8. The summed E-state index contributed by atoms with van der Waals surface area (Å²) in [4.78, 5) is 23.1. The highest BCUT2D eigenvalue weighted by Gasteiger charge is 2.21. The van der Waals surface area contributed by atoms with Crippen LogP contribution in [-0.2, 0) is 9.53 Å². The van der Waals surface area contributed by atoms with Crippen LogP contribution in [0, 0.1) is 0 Å². The molecule has 1 amide bonds. The molecule has 20 heavy (non-hydrogen) atoms. The quantitative estimate of drug-likeness (QED) is 0.878. The van der Waals surface area contributed by atoms with Gasteiger partial charge in [0.05, 0.1) is 0 Å². The van der Waals surface area contributed by atoms with Crippen molar-refractivity contribution in [3.63, 3.8) is 0 Å². The molecule has 1 aromatic heterocycles. The number of alkyl carbamates (subject to hydrolysis) is 1. The third-order valence-corrected chi connectivity index (χ3v) is 3.64. The zero-order valence-corrected chi connectivity index (χ0v) is 12.5. The van der Waals surface area contributed by atoms with E-state index in [1.807, 2.05) is 29.6 Å². The van der Waals surface area contributed by atoms with Gasteiger partial charge in [0.2, 0.25) is 0 Å². The molecule has 5 heteroatoms. The molecule has 106 valence electrons. The Morgan fingerprint density at radius 3 is 2.70 bits per heavy atom. The van der Waals surface area contributed by atoms with Crippen molar-refractivity contribution in [1.82, 2.24) is 5.32 Å². The number of amides is 1. The van der Waals surface area contributed by atoms with Crippen LogP contribution >= 0.6 is 11.3 Å². The van der Waals surface area contributed by atoms with Gasteiger partial charge < -0.3 is 14.8 Å². The number of carbonyl (C=O) groups excluding carboxylic acids is 2. The van der Waals surface area contributed by atoms with Crippen molar-refractivity contribution in [2.45, 2.75) is 32.4 Å². The number of hydrogen-bond donors (Lipinski definition) is 1. The van der Waals surface area contributed by atoms with Crippen LogP contribution in [0.15, 0.2) is 29.6 Å². The molecule has 0 bridgehead atoms. The highest BCUT2D eigenvalue weighted by Crippen LogP contribution is 2.29. The number of ether oxygens (including phenoxy) is 1. The maximum atomic E-state index is 11.8. The third kappa shape index (κ3) is 3.36. The molecule has 0 aliphatic carbocycles. The average Bonchev–Trinajstić information content (AvgIpc) is 2.77. The fourth-order valence-corrected chi connectivity index (χ4v) is 2.86. The van der Waals surface area contributed by atoms with Crippen molar-refractivity contribution in [2.75, 3.05) is 0 Å². The zero-order valence-electron chi connectivity index (χ0n) is 11.7. The maximum Gasteiger partial charge on any atom is 0.408 e. The predicted octanol–water partition coefficient (Wildman–Crippen LogP) is 3.67. The Bertz CT molecular complexity index is 627. The Morgan fingerprint density at radius 2 is 2.05 bits per heavy atom. The maximum absolute atomic E-state index is 11.8. The number of nitrogens with one attached hydrogen (secondary N) is 1. The van der Waals surface area contributed by atoms with Crippen LogP contribution in [0.2, 0.25) is 0 Å². The van der Waals surface area contributed by atoms with E-state index in [1.165, 1.54) is 0 Å². The smallest absolute Gasteiger partial charge is 0.408 e. The third-order valence-electron chi connectivity index (χ3n) is 2.65. The van der Waals surface area contributed by atoms with Gasteiger partial charge in [0.15, 0.2) is 0 Å². The van der Waals surface area contributed by atoms with Crippen LogP contribution in [-0.4, -0.2) is 18.0 Å². The van der Waals surface area contributed by atoms with Gasteiger partial charge in [-0.1, -0.05) is 18.2 Å². The van der Waals surface area contributed by atoms with Crippen molar-refractivity contribution in [3.05, 3.63) is 35.2 Å². The van der Waals surface area contributed by atoms with Gasteiger partial charge >= 0.3 is 6.09 Å². The van der Waals surface area contributed by atoms with E-state index in [2.05, 4.69) is 5.32 Å². The first-order chi connectivity index (χ1) is 9.40. The summed E-state index contributed by atoms with van der Waals surface area (Å²) in [7, 11) is 0. The highest BCUT2D eigenvalue weighted by atomic mass is 32.1. The Hall–Kier alpha value is -1.88. The molecular formula is C15H17NO3S. The van der Waals surface area contributed by atoms with Crippen LogP contribution in [0.1, 0.15) is 32.4 Å². The van der Waals surface area contributed by atoms with Gasteiger partial charge in [0.25, 0.3) is 0 Å². The molecule has 0 aliphatic heterocycles. The number of thiophene rings is 1. The van der Waals surface area contributed by atoms with Crippen molar-refractivity contribution in [1.29, 1.82) is 0 Å². The van der Waals surface area contributed by atoms with E-state index in [1.54, 1.807) is 32.1 Å². The summed E-state index contributed by atoms with van der Waals surface area (Å²) in [5.41, 5.74) is 0.209. The van der Waals surface area contributed by atoms with Crippen molar-refractivity contribution in [3.8, 4) is 0 Å². The standard InChI is InChI=1S/C15H17NO3S/c1-15(2,3)19-14(18)16-12(8-17)11-9-20-13-7-5-4-6-10(11)13/h4-9,12H,1-3H3,(H,16,18). The minimum atomic E-state index is -0.694. The molecule has 1 unspecified atom stereocenters. The van der Waals surface area contributed by atoms with Gasteiger partial charge in [-0.15, -0.1) is 11.3 Å². The number of carbonyl (C=O) groups is 2. The van der Waals surface area contributed by atoms with E-state index in [0.29, 0.717) is 0 Å². The summed E-state index contributed by atoms with van der Waals surface area (Å²) >= 11 is 1.55. The van der Waals surface area contributed by atoms with Gasteiger partial charge in [0, 0.05) is 10.3 Å². The van der Waals surface area contributed by atoms with E-state index in [-0.39, 0.29) is 0 Å². The first-order valence-electron chi connectivity index (χ1n) is 6.31. The molecule has 0 fully saturated rings. The van der Waals surface area contributed by atoms with Gasteiger partial charge in [-0.2, -0.15) is 0 Å². The van der Waals surface area contributed by atoms with Crippen molar-refractivity contribution in [2.24, 2.45) is 0 Å². The summed E-state index contributed by atoms with van der Waals surface area (Å²) < 4.78 is 6.26. The molecule has 1 aromatic carbocycles. The second-order valence-electron chi connectivity index (χ2n) is 5.45. The summed E-state index contributed by atoms with van der Waals surface area (Å²) in [5, 5.41) is 5.46. The topological polar surface area (TPSA) is 55.4 Å². The largest absolute Gasteiger partial charge is 0.444 e. The SMILES string of the molecule is CC(C)(C)OC(=O)NC(C=O)c1csc2ccccc12. The lowest BCUT2D eigenvalue weighted by Gasteiger charge is -2.21. The van der Waals surface area contributed by atoms with Crippen molar-refractivity contribution < 1.29 is 14.3 Å². The number of benzene rings is 1. The minimum absolute atomic E-state index is 0.589. The van der Waals surface area contributed by atoms with Crippen LogP contribution in [0.4, 0.5) is 4.79 Å². The van der Waals surface area contributed by atoms with Crippen molar-refractivity contribution >= 4 is 33.8 Å². The molecule has 1 N–H and O–H groups in total. The molecule has 0 radical (unpaired) electrons. The molecule has 1 atom stereocenters. The summed E-state index contributed by atoms with van der Waals surface area (Å²) in [6.07, 6.45) is 0.128. The molecule has 2 rings (SSSR count). The summed E-state index contributed by atoms with van der Waals surface area (Å²) in [5.74, 6) is 0. The predicted molar refractivity (Wildman–Crippen MR) is 80.0 cm³/mol. The molecular weight excluding hydrogens is 274 g/mol. The second kappa shape index (κ2) is 5.63. The van der Waals surface area contributed by atoms with Crippen LogP contribution in [0.5, 0.6) is 0 Å². The monoisotopic (exact) mass is 291 g/mol. The lowest BCUT2D eigenvalue weighted by atomic mass is 10.1. The average molecular weight is 291 g/mol. The Kier molecular flexibility index (Phi) is 4.09. The number of fused-ring (bicyclic) bond motifs is 1. The highest BCUT2D eigenvalue weighted by molar-refractivity contribution is 7.17. The van der Waals surface area contributed by atoms with E-state index in [9.17, 15) is 9.59 Å². The lowest BCUT2D eigenvalue weighted by Crippen LogP contribution is -2.35. The van der Waals surface area contributed by atoms with E-state index in [4.69, 9.17) is 4.74 Å². The molecule has 0 aliphatic rings. The van der Waals surface area contributed by atoms with E-state index < -0.39 is 17.7 Å². The number of rotatable bonds is 3. The molecule has 0 saturated carbocycles. The normalized spacial score (nSPS) is 12.9. The fourth-order valence-electron chi connectivity index (χ4n) is 1.86. The summed E-state index contributed by atoms with van der Waals surface area (Å²) in [6, 6.07) is 7.09. The molecule has 0 saturated heterocycles. The Morgan fingerprint density at radius 1 is 1.35 bits per heavy atom. The molecule has 0 spiro atoms. The number of aldehydes is 1. The van der Waals surface area contributed by atoms with E-state index >= 15 is 0 Å². The van der Waals surface area contributed by atoms with Gasteiger partial charge in [-0.3, -0.25) is 0 Å².